The highest BCUT2D eigenvalue weighted by Crippen LogP contribution is 2.15. The molecule has 1 saturated heterocycles. The summed E-state index contributed by atoms with van der Waals surface area (Å²) in [4.78, 5) is 27.2. The third kappa shape index (κ3) is 5.18. The van der Waals surface area contributed by atoms with E-state index in [2.05, 4.69) is 5.32 Å². The number of morpholine rings is 1. The molecule has 1 aliphatic heterocycles. The van der Waals surface area contributed by atoms with E-state index in [4.69, 9.17) is 4.74 Å². The molecule has 0 bridgehead atoms. The molecule has 5 nitrogen and oxygen atoms in total. The Bertz CT molecular complexity index is 815. The van der Waals surface area contributed by atoms with Crippen molar-refractivity contribution >= 4 is 17.3 Å². The van der Waals surface area contributed by atoms with Crippen LogP contribution in [0.2, 0.25) is 0 Å². The van der Waals surface area contributed by atoms with Gasteiger partial charge in [0.1, 0.15) is 11.6 Å². The van der Waals surface area contributed by atoms with Gasteiger partial charge in [-0.2, -0.15) is 0 Å². The summed E-state index contributed by atoms with van der Waals surface area (Å²) >= 11 is 0. The van der Waals surface area contributed by atoms with Crippen LogP contribution in [0, 0.1) is 11.6 Å². The minimum atomic E-state index is -0.731. The number of benzene rings is 2. The summed E-state index contributed by atoms with van der Waals surface area (Å²) in [7, 11) is 0. The van der Waals surface area contributed by atoms with E-state index in [9.17, 15) is 18.4 Å². The maximum atomic E-state index is 13.2. The number of nitrogens with zero attached hydrogens (tertiary/aromatic N) is 1. The largest absolute Gasteiger partial charge is 0.379 e. The number of Topliss-reactive ketones (excluding diaryl/α,β-unsaturated/α-hetero) is 2. The van der Waals surface area contributed by atoms with Crippen molar-refractivity contribution in [3.63, 3.8) is 0 Å². The molecule has 2 aromatic carbocycles. The number of ether oxygens (including phenoxy) is 1. The summed E-state index contributed by atoms with van der Waals surface area (Å²) in [6.45, 7) is 2.56. The van der Waals surface area contributed by atoms with E-state index in [1.807, 2.05) is 4.90 Å². The van der Waals surface area contributed by atoms with Gasteiger partial charge in [-0.15, -0.1) is 0 Å². The molecule has 0 saturated carbocycles. The molecule has 1 aliphatic rings. The van der Waals surface area contributed by atoms with Crippen molar-refractivity contribution in [3.8, 4) is 0 Å². The second-order valence-corrected chi connectivity index (χ2v) is 6.29. The molecule has 1 N–H and O–H groups in total. The summed E-state index contributed by atoms with van der Waals surface area (Å²) in [5.74, 6) is -1.93. The summed E-state index contributed by atoms with van der Waals surface area (Å²) in [5.41, 5.74) is 0.805. The van der Waals surface area contributed by atoms with Gasteiger partial charge < -0.3 is 10.1 Å². The van der Waals surface area contributed by atoms with Gasteiger partial charge in [-0.1, -0.05) is 24.3 Å². The van der Waals surface area contributed by atoms with Crippen molar-refractivity contribution in [2.75, 3.05) is 44.7 Å². The number of hydrogen-bond acceptors (Lipinski definition) is 5. The van der Waals surface area contributed by atoms with Crippen LogP contribution in [0.5, 0.6) is 0 Å². The number of halogens is 2. The van der Waals surface area contributed by atoms with Crippen molar-refractivity contribution < 1.29 is 23.1 Å². The minimum absolute atomic E-state index is 0.141. The van der Waals surface area contributed by atoms with E-state index in [1.54, 1.807) is 24.3 Å². The van der Waals surface area contributed by atoms with Crippen LogP contribution in [0.25, 0.3) is 0 Å². The van der Waals surface area contributed by atoms with Crippen LogP contribution in [-0.2, 0) is 4.74 Å². The van der Waals surface area contributed by atoms with Crippen molar-refractivity contribution in [2.24, 2.45) is 0 Å². The van der Waals surface area contributed by atoms with E-state index >= 15 is 0 Å². The quantitative estimate of drug-likeness (QED) is 0.756. The van der Waals surface area contributed by atoms with Crippen molar-refractivity contribution in [2.45, 2.75) is 0 Å². The zero-order valence-electron chi connectivity index (χ0n) is 14.7. The molecular formula is C20H20F2N2O3. The minimum Gasteiger partial charge on any atom is -0.379 e. The van der Waals surface area contributed by atoms with E-state index in [0.717, 1.165) is 18.2 Å². The SMILES string of the molecule is O=C(CNc1cc(F)cc(F)c1)c1ccccc1C(=O)CN1CCOCC1. The molecule has 0 amide bonds. The Morgan fingerprint density at radius 2 is 1.56 bits per heavy atom. The van der Waals surface area contributed by atoms with Gasteiger partial charge in [0.15, 0.2) is 11.6 Å². The highest BCUT2D eigenvalue weighted by molar-refractivity contribution is 6.10. The van der Waals surface area contributed by atoms with Gasteiger partial charge in [-0.05, 0) is 12.1 Å². The Kier molecular flexibility index (Phi) is 6.26. The van der Waals surface area contributed by atoms with E-state index in [1.165, 1.54) is 0 Å². The molecule has 1 heterocycles. The molecular weight excluding hydrogens is 354 g/mol. The number of nitrogens with one attached hydrogen (secondary N) is 1. The fourth-order valence-corrected chi connectivity index (χ4v) is 2.95. The average Bonchev–Trinajstić information content (AvgIpc) is 2.66. The van der Waals surface area contributed by atoms with E-state index in [0.29, 0.717) is 37.4 Å². The summed E-state index contributed by atoms with van der Waals surface area (Å²) < 4.78 is 31.8. The molecule has 1 fully saturated rings. The average molecular weight is 374 g/mol. The van der Waals surface area contributed by atoms with E-state index < -0.39 is 11.6 Å². The Morgan fingerprint density at radius 1 is 0.963 bits per heavy atom. The predicted molar refractivity (Wildman–Crippen MR) is 97.2 cm³/mol. The molecule has 0 unspecified atom stereocenters. The molecule has 2 aromatic rings. The molecule has 3 rings (SSSR count). The fourth-order valence-electron chi connectivity index (χ4n) is 2.95. The summed E-state index contributed by atoms with van der Waals surface area (Å²) in [6, 6.07) is 9.56. The smallest absolute Gasteiger partial charge is 0.182 e. The first-order valence-corrected chi connectivity index (χ1v) is 8.68. The number of ketones is 2. The van der Waals surface area contributed by atoms with Gasteiger partial charge in [-0.3, -0.25) is 14.5 Å². The second kappa shape index (κ2) is 8.83. The van der Waals surface area contributed by atoms with Crippen molar-refractivity contribution in [1.82, 2.24) is 4.90 Å². The van der Waals surface area contributed by atoms with Crippen molar-refractivity contribution in [1.29, 1.82) is 0 Å². The second-order valence-electron chi connectivity index (χ2n) is 6.29. The van der Waals surface area contributed by atoms with Gasteiger partial charge >= 0.3 is 0 Å². The summed E-state index contributed by atoms with van der Waals surface area (Å²) in [5, 5.41) is 2.70. The first-order valence-electron chi connectivity index (χ1n) is 8.68. The molecule has 0 aliphatic carbocycles. The van der Waals surface area contributed by atoms with Gasteiger partial charge in [-0.25, -0.2) is 8.78 Å². The van der Waals surface area contributed by atoms with Crippen molar-refractivity contribution in [3.05, 3.63) is 65.2 Å². The van der Waals surface area contributed by atoms with E-state index in [-0.39, 0.29) is 30.3 Å². The maximum Gasteiger partial charge on any atom is 0.182 e. The fraction of sp³-hybridized carbons (Fsp3) is 0.300. The zero-order valence-corrected chi connectivity index (χ0v) is 14.7. The monoisotopic (exact) mass is 374 g/mol. The zero-order chi connectivity index (χ0) is 19.2. The third-order valence-corrected chi connectivity index (χ3v) is 4.31. The number of carbonyl (C=O) groups excluding carboxylic acids is 2. The van der Waals surface area contributed by atoms with Gasteiger partial charge in [0.25, 0.3) is 0 Å². The van der Waals surface area contributed by atoms with Gasteiger partial charge in [0, 0.05) is 36.0 Å². The first-order chi connectivity index (χ1) is 13.0. The first kappa shape index (κ1) is 19.1. The molecule has 0 spiro atoms. The number of carbonyl (C=O) groups is 2. The van der Waals surface area contributed by atoms with Crippen LogP contribution in [0.15, 0.2) is 42.5 Å². The topological polar surface area (TPSA) is 58.6 Å². The Labute approximate surface area is 155 Å². The predicted octanol–water partition coefficient (Wildman–Crippen LogP) is 2.77. The lowest BCUT2D eigenvalue weighted by Crippen LogP contribution is -2.39. The Hall–Kier alpha value is -2.64. The molecule has 0 atom stereocenters. The van der Waals surface area contributed by atoms with Crippen LogP contribution in [0.4, 0.5) is 14.5 Å². The van der Waals surface area contributed by atoms with Crippen LogP contribution in [0.3, 0.4) is 0 Å². The number of hydrogen-bond donors (Lipinski definition) is 1. The molecule has 0 radical (unpaired) electrons. The lowest BCUT2D eigenvalue weighted by Gasteiger charge is -2.26. The maximum absolute atomic E-state index is 13.2. The lowest BCUT2D eigenvalue weighted by atomic mass is 9.99. The molecule has 0 aromatic heterocycles. The van der Waals surface area contributed by atoms with Crippen LogP contribution < -0.4 is 5.32 Å². The van der Waals surface area contributed by atoms with Gasteiger partial charge in [0.2, 0.25) is 0 Å². The van der Waals surface area contributed by atoms with Gasteiger partial charge in [0.05, 0.1) is 26.3 Å². The standard InChI is InChI=1S/C20H20F2N2O3/c21-14-9-15(22)11-16(10-14)23-12-19(25)17-3-1-2-4-18(17)20(26)13-24-5-7-27-8-6-24/h1-4,9-11,23H,5-8,12-13H2. The van der Waals surface area contributed by atoms with Crippen LogP contribution >= 0.6 is 0 Å². The molecule has 142 valence electrons. The highest BCUT2D eigenvalue weighted by atomic mass is 19.1. The number of rotatable bonds is 7. The summed E-state index contributed by atoms with van der Waals surface area (Å²) in [6.07, 6.45) is 0. The Morgan fingerprint density at radius 3 is 2.19 bits per heavy atom. The number of anilines is 1. The highest BCUT2D eigenvalue weighted by Gasteiger charge is 2.20. The lowest BCUT2D eigenvalue weighted by molar-refractivity contribution is 0.0370. The third-order valence-electron chi connectivity index (χ3n) is 4.31. The Balaban J connectivity index is 1.68. The van der Waals surface area contributed by atoms with Crippen LogP contribution in [-0.4, -0.2) is 55.9 Å². The van der Waals surface area contributed by atoms with Crippen LogP contribution in [0.1, 0.15) is 20.7 Å². The molecule has 27 heavy (non-hydrogen) atoms. The molecule has 7 heteroatoms. The normalized spacial score (nSPS) is 14.7.